The van der Waals surface area contributed by atoms with Crippen LogP contribution in [-0.4, -0.2) is 29.1 Å². The number of nitrogens with one attached hydrogen (secondary N) is 1. The van der Waals surface area contributed by atoms with Crippen molar-refractivity contribution in [2.24, 2.45) is 5.73 Å². The predicted molar refractivity (Wildman–Crippen MR) is 53.7 cm³/mol. The zero-order valence-electron chi connectivity index (χ0n) is 8.36. The van der Waals surface area contributed by atoms with E-state index in [0.29, 0.717) is 19.5 Å². The van der Waals surface area contributed by atoms with E-state index in [-0.39, 0.29) is 5.91 Å². The van der Waals surface area contributed by atoms with Crippen LogP contribution in [0.25, 0.3) is 0 Å². The zero-order chi connectivity index (χ0) is 10.4. The molecule has 5 nitrogen and oxygen atoms in total. The molecule has 0 saturated heterocycles. The molecule has 0 fully saturated rings. The molecule has 3 N–H and O–H groups in total. The lowest BCUT2D eigenvalue weighted by molar-refractivity contribution is -0.120. The fraction of sp³-hybridized carbons (Fsp3) is 0.556. The highest BCUT2D eigenvalue weighted by Gasteiger charge is 2.03. The minimum absolute atomic E-state index is 0.0393. The molecule has 1 aromatic rings. The van der Waals surface area contributed by atoms with Gasteiger partial charge in [0.05, 0.1) is 6.33 Å². The maximum atomic E-state index is 11.0. The Bertz CT molecular complexity index is 295. The van der Waals surface area contributed by atoms with Crippen LogP contribution in [0.5, 0.6) is 0 Å². The highest BCUT2D eigenvalue weighted by Crippen LogP contribution is 2.00. The second kappa shape index (κ2) is 5.39. The first-order chi connectivity index (χ1) is 6.77. The average molecular weight is 196 g/mol. The number of carbonyl (C=O) groups is 1. The molecule has 78 valence electrons. The molecule has 0 saturated carbocycles. The number of nitrogens with two attached hydrogens (primary N) is 1. The number of rotatable bonds is 5. The van der Waals surface area contributed by atoms with Crippen molar-refractivity contribution in [1.29, 1.82) is 0 Å². The summed E-state index contributed by atoms with van der Waals surface area (Å²) in [5, 5.41) is 2.58. The quantitative estimate of drug-likeness (QED) is 0.668. The molecule has 14 heavy (non-hydrogen) atoms. The van der Waals surface area contributed by atoms with Crippen LogP contribution >= 0.6 is 0 Å². The van der Waals surface area contributed by atoms with E-state index in [2.05, 4.69) is 10.3 Å². The summed E-state index contributed by atoms with van der Waals surface area (Å²) in [5.41, 5.74) is 6.53. The lowest BCUT2D eigenvalue weighted by Gasteiger charge is -2.06. The van der Waals surface area contributed by atoms with Gasteiger partial charge in [0, 0.05) is 38.3 Å². The highest BCUT2D eigenvalue weighted by molar-refractivity contribution is 5.75. The molecule has 0 radical (unpaired) electrons. The number of aryl methyl sites for hydroxylation is 1. The summed E-state index contributed by atoms with van der Waals surface area (Å²) in [6.07, 6.45) is 4.79. The molecule has 1 aromatic heterocycles. The molecule has 0 spiro atoms. The van der Waals surface area contributed by atoms with E-state index in [1.807, 2.05) is 4.57 Å². The second-order valence-corrected chi connectivity index (χ2v) is 3.04. The third kappa shape index (κ3) is 2.85. The van der Waals surface area contributed by atoms with Crippen LogP contribution in [0.15, 0.2) is 12.5 Å². The maximum absolute atomic E-state index is 11.0. The van der Waals surface area contributed by atoms with Crippen molar-refractivity contribution in [3.63, 3.8) is 0 Å². The van der Waals surface area contributed by atoms with E-state index in [1.54, 1.807) is 19.6 Å². The number of nitrogens with zero attached hydrogens (tertiary/aromatic N) is 2. The summed E-state index contributed by atoms with van der Waals surface area (Å²) >= 11 is 0. The molecule has 0 aromatic carbocycles. The first kappa shape index (κ1) is 10.7. The van der Waals surface area contributed by atoms with E-state index >= 15 is 0 Å². The van der Waals surface area contributed by atoms with Gasteiger partial charge in [-0.25, -0.2) is 4.98 Å². The molecular weight excluding hydrogens is 180 g/mol. The monoisotopic (exact) mass is 196 g/mol. The van der Waals surface area contributed by atoms with Gasteiger partial charge in [-0.1, -0.05) is 0 Å². The normalized spacial score (nSPS) is 10.1. The van der Waals surface area contributed by atoms with Crippen molar-refractivity contribution in [1.82, 2.24) is 14.9 Å². The van der Waals surface area contributed by atoms with Crippen molar-refractivity contribution in [2.45, 2.75) is 19.4 Å². The standard InChI is InChI=1S/C9H16N4O/c1-11-9(14)3-5-13-7-12-6-8(13)2-4-10/h6-7H,2-5,10H2,1H3,(H,11,14). The number of aromatic nitrogens is 2. The molecular formula is C9H16N4O. The number of imidazole rings is 1. The van der Waals surface area contributed by atoms with Gasteiger partial charge in [0.2, 0.25) is 5.91 Å². The Hall–Kier alpha value is -1.36. The van der Waals surface area contributed by atoms with Gasteiger partial charge in [0.25, 0.3) is 0 Å². The first-order valence-corrected chi connectivity index (χ1v) is 4.67. The Balaban J connectivity index is 2.49. The summed E-state index contributed by atoms with van der Waals surface area (Å²) in [7, 11) is 1.64. The molecule has 0 atom stereocenters. The Morgan fingerprint density at radius 1 is 1.71 bits per heavy atom. The molecule has 0 aliphatic carbocycles. The zero-order valence-corrected chi connectivity index (χ0v) is 8.36. The molecule has 0 aliphatic rings. The van der Waals surface area contributed by atoms with Crippen LogP contribution in [-0.2, 0) is 17.8 Å². The number of amides is 1. The summed E-state index contributed by atoms with van der Waals surface area (Å²) in [5.74, 6) is 0.0393. The summed E-state index contributed by atoms with van der Waals surface area (Å²) < 4.78 is 1.96. The molecule has 0 unspecified atom stereocenters. The fourth-order valence-electron chi connectivity index (χ4n) is 1.25. The SMILES string of the molecule is CNC(=O)CCn1cncc1CCN. The topological polar surface area (TPSA) is 72.9 Å². The van der Waals surface area contributed by atoms with Crippen LogP contribution in [0.3, 0.4) is 0 Å². The van der Waals surface area contributed by atoms with Gasteiger partial charge in [-0.2, -0.15) is 0 Å². The van der Waals surface area contributed by atoms with Crippen molar-refractivity contribution in [2.75, 3.05) is 13.6 Å². The number of hydrogen-bond donors (Lipinski definition) is 2. The minimum Gasteiger partial charge on any atom is -0.359 e. The van der Waals surface area contributed by atoms with Crippen molar-refractivity contribution >= 4 is 5.91 Å². The molecule has 1 rings (SSSR count). The Morgan fingerprint density at radius 2 is 2.50 bits per heavy atom. The van der Waals surface area contributed by atoms with E-state index < -0.39 is 0 Å². The van der Waals surface area contributed by atoms with Crippen LogP contribution in [0, 0.1) is 0 Å². The van der Waals surface area contributed by atoms with E-state index in [1.165, 1.54) is 0 Å². The lowest BCUT2D eigenvalue weighted by Crippen LogP contribution is -2.20. The van der Waals surface area contributed by atoms with E-state index in [9.17, 15) is 4.79 Å². The summed E-state index contributed by atoms with van der Waals surface area (Å²) in [6.45, 7) is 1.26. The third-order valence-corrected chi connectivity index (χ3v) is 2.06. The van der Waals surface area contributed by atoms with Gasteiger partial charge in [0.15, 0.2) is 0 Å². The largest absolute Gasteiger partial charge is 0.359 e. The van der Waals surface area contributed by atoms with E-state index in [0.717, 1.165) is 12.1 Å². The van der Waals surface area contributed by atoms with Crippen LogP contribution in [0.2, 0.25) is 0 Å². The Kier molecular flexibility index (Phi) is 4.12. The number of carbonyl (C=O) groups excluding carboxylic acids is 1. The minimum atomic E-state index is 0.0393. The Morgan fingerprint density at radius 3 is 3.14 bits per heavy atom. The van der Waals surface area contributed by atoms with Crippen LogP contribution in [0.1, 0.15) is 12.1 Å². The van der Waals surface area contributed by atoms with Crippen molar-refractivity contribution in [3.05, 3.63) is 18.2 Å². The summed E-state index contributed by atoms with van der Waals surface area (Å²) in [4.78, 5) is 15.0. The van der Waals surface area contributed by atoms with Crippen molar-refractivity contribution < 1.29 is 4.79 Å². The average Bonchev–Trinajstić information content (AvgIpc) is 2.62. The molecule has 1 heterocycles. The lowest BCUT2D eigenvalue weighted by atomic mass is 10.3. The highest BCUT2D eigenvalue weighted by atomic mass is 16.1. The van der Waals surface area contributed by atoms with Crippen molar-refractivity contribution in [3.8, 4) is 0 Å². The van der Waals surface area contributed by atoms with Gasteiger partial charge in [0.1, 0.15) is 0 Å². The molecule has 0 aliphatic heterocycles. The van der Waals surface area contributed by atoms with Gasteiger partial charge in [-0.05, 0) is 6.54 Å². The van der Waals surface area contributed by atoms with Gasteiger partial charge < -0.3 is 15.6 Å². The van der Waals surface area contributed by atoms with Crippen LogP contribution in [0.4, 0.5) is 0 Å². The fourth-order valence-corrected chi connectivity index (χ4v) is 1.25. The predicted octanol–water partition coefficient (Wildman–Crippen LogP) is -0.480. The third-order valence-electron chi connectivity index (χ3n) is 2.06. The van der Waals surface area contributed by atoms with Crippen LogP contribution < -0.4 is 11.1 Å². The van der Waals surface area contributed by atoms with Gasteiger partial charge in [-0.15, -0.1) is 0 Å². The van der Waals surface area contributed by atoms with E-state index in [4.69, 9.17) is 5.73 Å². The second-order valence-electron chi connectivity index (χ2n) is 3.04. The first-order valence-electron chi connectivity index (χ1n) is 4.67. The Labute approximate surface area is 83.3 Å². The number of hydrogen-bond acceptors (Lipinski definition) is 3. The smallest absolute Gasteiger partial charge is 0.221 e. The molecule has 1 amide bonds. The maximum Gasteiger partial charge on any atom is 0.221 e. The van der Waals surface area contributed by atoms with Gasteiger partial charge in [-0.3, -0.25) is 4.79 Å². The molecule has 5 heteroatoms. The molecule has 0 bridgehead atoms. The summed E-state index contributed by atoms with van der Waals surface area (Å²) in [6, 6.07) is 0. The van der Waals surface area contributed by atoms with Gasteiger partial charge >= 0.3 is 0 Å².